The highest BCUT2D eigenvalue weighted by Crippen LogP contribution is 2.25. The molecule has 0 saturated carbocycles. The standard InChI is InChI=1S/C14H21N3O2.2ClH/c1-16(19-2)14(18)11-7-9-17(10-8-11)13-5-3-12(15)4-6-13;;/h3-6,11H,7-10,15H2,1-2H3;2*1H. The van der Waals surface area contributed by atoms with Crippen LogP contribution >= 0.6 is 24.8 Å². The first-order valence-electron chi connectivity index (χ1n) is 6.54. The van der Waals surface area contributed by atoms with Crippen LogP contribution in [0.5, 0.6) is 0 Å². The largest absolute Gasteiger partial charge is 0.399 e. The Labute approximate surface area is 138 Å². The lowest BCUT2D eigenvalue weighted by Gasteiger charge is -2.34. The van der Waals surface area contributed by atoms with E-state index >= 15 is 0 Å². The normalized spacial score (nSPS) is 14.9. The summed E-state index contributed by atoms with van der Waals surface area (Å²) in [6.45, 7) is 1.77. The number of carbonyl (C=O) groups excluding carboxylic acids is 1. The Balaban J connectivity index is 0.00000200. The fourth-order valence-corrected chi connectivity index (χ4v) is 2.42. The van der Waals surface area contributed by atoms with Crippen LogP contribution in [0, 0.1) is 5.92 Å². The van der Waals surface area contributed by atoms with E-state index in [0.717, 1.165) is 31.6 Å². The number of nitrogens with zero attached hydrogens (tertiary/aromatic N) is 2. The van der Waals surface area contributed by atoms with Crippen LogP contribution in [0.15, 0.2) is 24.3 Å². The van der Waals surface area contributed by atoms with Gasteiger partial charge in [-0.25, -0.2) is 5.06 Å². The van der Waals surface area contributed by atoms with Crippen LogP contribution in [0.2, 0.25) is 0 Å². The number of rotatable bonds is 3. The number of nitrogen functional groups attached to an aromatic ring is 1. The number of benzene rings is 1. The van der Waals surface area contributed by atoms with Crippen molar-refractivity contribution in [2.24, 2.45) is 5.92 Å². The van der Waals surface area contributed by atoms with Gasteiger partial charge in [0.05, 0.1) is 7.11 Å². The summed E-state index contributed by atoms with van der Waals surface area (Å²) >= 11 is 0. The summed E-state index contributed by atoms with van der Waals surface area (Å²) < 4.78 is 0. The van der Waals surface area contributed by atoms with Gasteiger partial charge in [0.15, 0.2) is 0 Å². The lowest BCUT2D eigenvalue weighted by atomic mass is 9.95. The molecule has 120 valence electrons. The molecule has 0 spiro atoms. The SMILES string of the molecule is CON(C)C(=O)C1CCN(c2ccc(N)cc2)CC1.Cl.Cl. The topological polar surface area (TPSA) is 58.8 Å². The molecule has 1 fully saturated rings. The zero-order chi connectivity index (χ0) is 13.8. The number of halogens is 2. The van der Waals surface area contributed by atoms with Crippen molar-refractivity contribution in [2.45, 2.75) is 12.8 Å². The van der Waals surface area contributed by atoms with Crippen LogP contribution in [0.25, 0.3) is 0 Å². The maximum absolute atomic E-state index is 12.0. The molecule has 0 aromatic heterocycles. The number of piperidine rings is 1. The van der Waals surface area contributed by atoms with Crippen molar-refractivity contribution >= 4 is 42.1 Å². The summed E-state index contributed by atoms with van der Waals surface area (Å²) in [4.78, 5) is 19.2. The zero-order valence-electron chi connectivity index (χ0n) is 12.3. The molecule has 5 nitrogen and oxygen atoms in total. The van der Waals surface area contributed by atoms with Gasteiger partial charge in [-0.2, -0.15) is 0 Å². The molecule has 1 aromatic carbocycles. The monoisotopic (exact) mass is 335 g/mol. The van der Waals surface area contributed by atoms with Crippen molar-refractivity contribution in [1.82, 2.24) is 5.06 Å². The predicted molar refractivity (Wildman–Crippen MR) is 90.1 cm³/mol. The minimum Gasteiger partial charge on any atom is -0.399 e. The number of hydroxylamine groups is 2. The summed E-state index contributed by atoms with van der Waals surface area (Å²) in [6, 6.07) is 7.87. The molecule has 2 N–H and O–H groups in total. The summed E-state index contributed by atoms with van der Waals surface area (Å²) in [5.41, 5.74) is 7.62. The molecular weight excluding hydrogens is 313 g/mol. The van der Waals surface area contributed by atoms with Crippen molar-refractivity contribution in [2.75, 3.05) is 37.9 Å². The van der Waals surface area contributed by atoms with Gasteiger partial charge in [0.2, 0.25) is 5.91 Å². The summed E-state index contributed by atoms with van der Waals surface area (Å²) in [5.74, 6) is 0.134. The van der Waals surface area contributed by atoms with Gasteiger partial charge in [-0.1, -0.05) is 0 Å². The van der Waals surface area contributed by atoms with E-state index in [-0.39, 0.29) is 36.6 Å². The van der Waals surface area contributed by atoms with Crippen LogP contribution in [-0.4, -0.2) is 38.2 Å². The van der Waals surface area contributed by atoms with Gasteiger partial charge in [-0.05, 0) is 37.1 Å². The summed E-state index contributed by atoms with van der Waals surface area (Å²) in [6.07, 6.45) is 1.72. The van der Waals surface area contributed by atoms with E-state index in [4.69, 9.17) is 10.6 Å². The van der Waals surface area contributed by atoms with Crippen LogP contribution in [0.3, 0.4) is 0 Å². The maximum atomic E-state index is 12.0. The highest BCUT2D eigenvalue weighted by Gasteiger charge is 2.27. The molecule has 1 amide bonds. The van der Waals surface area contributed by atoms with Crippen molar-refractivity contribution in [1.29, 1.82) is 0 Å². The molecule has 0 bridgehead atoms. The number of amides is 1. The number of anilines is 2. The van der Waals surface area contributed by atoms with E-state index in [0.29, 0.717) is 0 Å². The molecule has 7 heteroatoms. The smallest absolute Gasteiger partial charge is 0.249 e. The number of nitrogens with two attached hydrogens (primary N) is 1. The molecule has 0 radical (unpaired) electrons. The highest BCUT2D eigenvalue weighted by molar-refractivity contribution is 5.85. The molecule has 0 atom stereocenters. The average molecular weight is 336 g/mol. The molecule has 0 aliphatic carbocycles. The lowest BCUT2D eigenvalue weighted by Crippen LogP contribution is -2.41. The van der Waals surface area contributed by atoms with Gasteiger partial charge in [-0.15, -0.1) is 24.8 Å². The first-order chi connectivity index (χ1) is 9.11. The Bertz CT molecular complexity index is 434. The van der Waals surface area contributed by atoms with Gasteiger partial charge in [0.1, 0.15) is 0 Å². The quantitative estimate of drug-likeness (QED) is 0.680. The molecule has 1 aliphatic rings. The van der Waals surface area contributed by atoms with E-state index < -0.39 is 0 Å². The third-order valence-corrected chi connectivity index (χ3v) is 3.69. The van der Waals surface area contributed by atoms with Crippen LogP contribution in [0.4, 0.5) is 11.4 Å². The maximum Gasteiger partial charge on any atom is 0.249 e. The molecule has 2 rings (SSSR count). The van der Waals surface area contributed by atoms with Gasteiger partial charge in [0.25, 0.3) is 0 Å². The third kappa shape index (κ3) is 4.95. The van der Waals surface area contributed by atoms with E-state index in [9.17, 15) is 4.79 Å². The molecule has 1 aliphatic heterocycles. The minimum atomic E-state index is 0. The molecule has 0 unspecified atom stereocenters. The first kappa shape index (κ1) is 19.8. The van der Waals surface area contributed by atoms with Crippen LogP contribution in [-0.2, 0) is 9.63 Å². The Morgan fingerprint density at radius 3 is 2.24 bits per heavy atom. The van der Waals surface area contributed by atoms with Gasteiger partial charge < -0.3 is 10.6 Å². The second-order valence-electron chi connectivity index (χ2n) is 4.87. The van der Waals surface area contributed by atoms with E-state index in [1.807, 2.05) is 24.3 Å². The molecule has 1 aromatic rings. The fourth-order valence-electron chi connectivity index (χ4n) is 2.42. The van der Waals surface area contributed by atoms with Gasteiger partial charge >= 0.3 is 0 Å². The Morgan fingerprint density at radius 1 is 1.24 bits per heavy atom. The summed E-state index contributed by atoms with van der Waals surface area (Å²) in [7, 11) is 3.18. The highest BCUT2D eigenvalue weighted by atomic mass is 35.5. The fraction of sp³-hybridized carbons (Fsp3) is 0.500. The predicted octanol–water partition coefficient (Wildman–Crippen LogP) is 2.35. The summed E-state index contributed by atoms with van der Waals surface area (Å²) in [5, 5.41) is 1.32. The Kier molecular flexibility index (Phi) is 8.47. The van der Waals surface area contributed by atoms with E-state index in [1.54, 1.807) is 7.05 Å². The second-order valence-corrected chi connectivity index (χ2v) is 4.87. The lowest BCUT2D eigenvalue weighted by molar-refractivity contribution is -0.174. The van der Waals surface area contributed by atoms with Crippen LogP contribution in [0.1, 0.15) is 12.8 Å². The molecule has 1 saturated heterocycles. The van der Waals surface area contributed by atoms with E-state index in [1.165, 1.54) is 17.9 Å². The Hall–Kier alpha value is -1.17. The van der Waals surface area contributed by atoms with Crippen molar-refractivity contribution in [3.05, 3.63) is 24.3 Å². The first-order valence-corrected chi connectivity index (χ1v) is 6.54. The van der Waals surface area contributed by atoms with Crippen molar-refractivity contribution in [3.8, 4) is 0 Å². The van der Waals surface area contributed by atoms with Gasteiger partial charge in [0, 0.05) is 37.4 Å². The number of carbonyl (C=O) groups is 1. The zero-order valence-corrected chi connectivity index (χ0v) is 14.0. The molecule has 1 heterocycles. The van der Waals surface area contributed by atoms with E-state index in [2.05, 4.69) is 4.90 Å². The van der Waals surface area contributed by atoms with Gasteiger partial charge in [-0.3, -0.25) is 9.63 Å². The average Bonchev–Trinajstić information content (AvgIpc) is 2.46. The molecular formula is C14H23Cl2N3O2. The second kappa shape index (κ2) is 8.97. The van der Waals surface area contributed by atoms with Crippen LogP contribution < -0.4 is 10.6 Å². The number of hydrogen-bond acceptors (Lipinski definition) is 4. The Morgan fingerprint density at radius 2 is 1.76 bits per heavy atom. The number of hydrogen-bond donors (Lipinski definition) is 1. The third-order valence-electron chi connectivity index (χ3n) is 3.69. The minimum absolute atomic E-state index is 0. The van der Waals surface area contributed by atoms with Crippen molar-refractivity contribution < 1.29 is 9.63 Å². The molecule has 21 heavy (non-hydrogen) atoms. The van der Waals surface area contributed by atoms with Crippen molar-refractivity contribution in [3.63, 3.8) is 0 Å².